The molecule has 0 bridgehead atoms. The lowest BCUT2D eigenvalue weighted by molar-refractivity contribution is 0.0593. The van der Waals surface area contributed by atoms with Crippen molar-refractivity contribution in [2.75, 3.05) is 38.2 Å². The van der Waals surface area contributed by atoms with Crippen LogP contribution in [0.4, 0.5) is 5.69 Å². The fourth-order valence-corrected chi connectivity index (χ4v) is 3.67. The molecule has 1 fully saturated rings. The lowest BCUT2D eigenvalue weighted by atomic mass is 10.1. The molecule has 1 amide bonds. The van der Waals surface area contributed by atoms with E-state index in [0.29, 0.717) is 42.7 Å². The minimum atomic E-state index is -0.436. The van der Waals surface area contributed by atoms with E-state index in [0.717, 1.165) is 16.8 Å². The summed E-state index contributed by atoms with van der Waals surface area (Å²) in [6.07, 6.45) is 3.29. The van der Waals surface area contributed by atoms with Crippen molar-refractivity contribution >= 4 is 29.2 Å². The summed E-state index contributed by atoms with van der Waals surface area (Å²) in [5.41, 5.74) is 2.98. The first-order valence-electron chi connectivity index (χ1n) is 9.22. The van der Waals surface area contributed by atoms with Crippen molar-refractivity contribution in [1.82, 2.24) is 9.88 Å². The third kappa shape index (κ3) is 3.73. The number of methoxy groups -OCH3 is 1. The maximum absolute atomic E-state index is 12.5. The Morgan fingerprint density at radius 3 is 2.45 bits per heavy atom. The Hall–Kier alpha value is -3.19. The number of esters is 1. The molecule has 150 valence electrons. The molecule has 0 spiro atoms. The maximum atomic E-state index is 12.5. The summed E-state index contributed by atoms with van der Waals surface area (Å²) < 4.78 is 10.2. The first-order valence-corrected chi connectivity index (χ1v) is 9.59. The van der Waals surface area contributed by atoms with Crippen LogP contribution in [-0.2, 0) is 4.74 Å². The minimum absolute atomic E-state index is 0.130. The summed E-state index contributed by atoms with van der Waals surface area (Å²) in [5, 5.41) is 0.643. The Morgan fingerprint density at radius 1 is 1.10 bits per heavy atom. The summed E-state index contributed by atoms with van der Waals surface area (Å²) in [6, 6.07) is 10.8. The second-order valence-electron chi connectivity index (χ2n) is 6.68. The van der Waals surface area contributed by atoms with Gasteiger partial charge in [-0.2, -0.15) is 0 Å². The Bertz CT molecular complexity index is 1000. The number of anilines is 1. The van der Waals surface area contributed by atoms with Gasteiger partial charge in [-0.25, -0.2) is 4.79 Å². The fraction of sp³-hybridized carbons (Fsp3) is 0.238. The van der Waals surface area contributed by atoms with Gasteiger partial charge >= 0.3 is 5.97 Å². The van der Waals surface area contributed by atoms with Gasteiger partial charge in [0.15, 0.2) is 5.76 Å². The number of rotatable bonds is 4. The first kappa shape index (κ1) is 19.1. The van der Waals surface area contributed by atoms with Crippen LogP contribution in [0.1, 0.15) is 21.0 Å². The minimum Gasteiger partial charge on any atom is -0.464 e. The second kappa shape index (κ2) is 8.05. The predicted octanol–water partition coefficient (Wildman–Crippen LogP) is 3.68. The Labute approximate surface area is 172 Å². The Morgan fingerprint density at radius 2 is 1.83 bits per heavy atom. The normalized spacial score (nSPS) is 14.1. The number of piperazine rings is 1. The number of nitrogens with one attached hydrogen (secondary N) is 1. The summed E-state index contributed by atoms with van der Waals surface area (Å²) >= 11 is 6.02. The summed E-state index contributed by atoms with van der Waals surface area (Å²) in [6.45, 7) is 2.19. The molecule has 29 heavy (non-hydrogen) atoms. The lowest BCUT2D eigenvalue weighted by Crippen LogP contribution is -2.49. The molecule has 7 nitrogen and oxygen atoms in total. The van der Waals surface area contributed by atoms with Gasteiger partial charge in [0.25, 0.3) is 5.91 Å². The van der Waals surface area contributed by atoms with E-state index >= 15 is 0 Å². The topological polar surface area (TPSA) is 78.8 Å². The Kier molecular flexibility index (Phi) is 5.31. The third-order valence-corrected chi connectivity index (χ3v) is 5.26. The average molecular weight is 414 g/mol. The fourth-order valence-electron chi connectivity index (χ4n) is 3.54. The van der Waals surface area contributed by atoms with Crippen LogP contribution in [0.2, 0.25) is 5.02 Å². The third-order valence-electron chi connectivity index (χ3n) is 5.01. The molecular formula is C21H20ClN3O4. The van der Waals surface area contributed by atoms with Crippen molar-refractivity contribution in [2.24, 2.45) is 0 Å². The van der Waals surface area contributed by atoms with Gasteiger partial charge in [-0.05, 0) is 29.8 Å². The number of aromatic nitrogens is 1. The number of ether oxygens (including phenoxy) is 1. The number of H-pyrrole nitrogens is 1. The highest BCUT2D eigenvalue weighted by Gasteiger charge is 2.29. The van der Waals surface area contributed by atoms with Crippen LogP contribution in [-0.4, -0.2) is 55.0 Å². The molecule has 1 aliphatic rings. The van der Waals surface area contributed by atoms with Crippen molar-refractivity contribution in [3.05, 3.63) is 65.3 Å². The van der Waals surface area contributed by atoms with Crippen LogP contribution >= 0.6 is 11.6 Å². The van der Waals surface area contributed by atoms with Crippen LogP contribution in [0.15, 0.2) is 53.3 Å². The smallest absolute Gasteiger partial charge is 0.356 e. The molecule has 0 radical (unpaired) electrons. The molecule has 0 aliphatic carbocycles. The number of hydrogen-bond acceptors (Lipinski definition) is 5. The zero-order valence-corrected chi connectivity index (χ0v) is 16.6. The van der Waals surface area contributed by atoms with Crippen LogP contribution in [0.3, 0.4) is 0 Å². The molecule has 0 unspecified atom stereocenters. The van der Waals surface area contributed by atoms with Crippen LogP contribution in [0, 0.1) is 0 Å². The average Bonchev–Trinajstić information content (AvgIpc) is 3.44. The highest BCUT2D eigenvalue weighted by Crippen LogP contribution is 2.36. The summed E-state index contributed by atoms with van der Waals surface area (Å²) in [4.78, 5) is 31.7. The van der Waals surface area contributed by atoms with Gasteiger partial charge in [-0.3, -0.25) is 4.79 Å². The van der Waals surface area contributed by atoms with E-state index in [1.54, 1.807) is 23.2 Å². The van der Waals surface area contributed by atoms with E-state index < -0.39 is 5.97 Å². The van der Waals surface area contributed by atoms with Crippen molar-refractivity contribution in [2.45, 2.75) is 0 Å². The van der Waals surface area contributed by atoms with E-state index in [-0.39, 0.29) is 5.91 Å². The van der Waals surface area contributed by atoms with Gasteiger partial charge in [-0.1, -0.05) is 23.7 Å². The number of nitrogens with zero attached hydrogens (tertiary/aromatic N) is 2. The molecular weight excluding hydrogens is 394 g/mol. The van der Waals surface area contributed by atoms with Crippen molar-refractivity contribution < 1.29 is 18.7 Å². The molecule has 1 aliphatic heterocycles. The standard InChI is InChI=1S/C21H20ClN3O4/c1-28-21(27)18-19(16(13-23-18)14-4-6-15(22)7-5-14)24-8-10-25(11-9-24)20(26)17-3-2-12-29-17/h2-7,12-13,23H,8-11H2,1H3. The van der Waals surface area contributed by atoms with E-state index in [1.807, 2.05) is 24.3 Å². The van der Waals surface area contributed by atoms with Gasteiger partial charge < -0.3 is 23.9 Å². The largest absolute Gasteiger partial charge is 0.464 e. The second-order valence-corrected chi connectivity index (χ2v) is 7.12. The molecule has 2 aromatic heterocycles. The van der Waals surface area contributed by atoms with Gasteiger partial charge in [0, 0.05) is 43.0 Å². The van der Waals surface area contributed by atoms with Gasteiger partial charge in [0.05, 0.1) is 19.1 Å². The SMILES string of the molecule is COC(=O)c1[nH]cc(-c2ccc(Cl)cc2)c1N1CCN(C(=O)c2ccco2)CC1. The number of amides is 1. The molecule has 0 atom stereocenters. The predicted molar refractivity (Wildman–Crippen MR) is 109 cm³/mol. The van der Waals surface area contributed by atoms with Gasteiger partial charge in [0.2, 0.25) is 0 Å². The molecule has 4 rings (SSSR count). The number of benzene rings is 1. The number of carbonyl (C=O) groups is 2. The highest BCUT2D eigenvalue weighted by molar-refractivity contribution is 6.30. The van der Waals surface area contributed by atoms with Crippen LogP contribution in [0.25, 0.3) is 11.1 Å². The van der Waals surface area contributed by atoms with Crippen molar-refractivity contribution in [1.29, 1.82) is 0 Å². The van der Waals surface area contributed by atoms with E-state index in [9.17, 15) is 9.59 Å². The highest BCUT2D eigenvalue weighted by atomic mass is 35.5. The van der Waals surface area contributed by atoms with E-state index in [2.05, 4.69) is 9.88 Å². The molecule has 0 saturated carbocycles. The van der Waals surface area contributed by atoms with Crippen LogP contribution < -0.4 is 4.90 Å². The van der Waals surface area contributed by atoms with Gasteiger partial charge in [0.1, 0.15) is 5.69 Å². The molecule has 1 saturated heterocycles. The van der Waals surface area contributed by atoms with E-state index in [1.165, 1.54) is 13.4 Å². The molecule has 1 aromatic carbocycles. The monoisotopic (exact) mass is 413 g/mol. The van der Waals surface area contributed by atoms with Crippen molar-refractivity contribution in [3.8, 4) is 11.1 Å². The molecule has 8 heteroatoms. The van der Waals surface area contributed by atoms with E-state index in [4.69, 9.17) is 20.8 Å². The molecule has 3 aromatic rings. The summed E-state index contributed by atoms with van der Waals surface area (Å²) in [7, 11) is 1.36. The maximum Gasteiger partial charge on any atom is 0.356 e. The quantitative estimate of drug-likeness (QED) is 0.660. The number of aromatic amines is 1. The molecule has 1 N–H and O–H groups in total. The number of hydrogen-bond donors (Lipinski definition) is 1. The lowest BCUT2D eigenvalue weighted by Gasteiger charge is -2.36. The first-order chi connectivity index (χ1) is 14.1. The van der Waals surface area contributed by atoms with Crippen LogP contribution in [0.5, 0.6) is 0 Å². The summed E-state index contributed by atoms with van der Waals surface area (Å²) in [5.74, 6) is -0.235. The van der Waals surface area contributed by atoms with Gasteiger partial charge in [-0.15, -0.1) is 0 Å². The zero-order chi connectivity index (χ0) is 20.4. The Balaban J connectivity index is 1.60. The zero-order valence-electron chi connectivity index (χ0n) is 15.9. The number of halogens is 1. The molecule has 3 heterocycles. The number of carbonyl (C=O) groups excluding carboxylic acids is 2. The van der Waals surface area contributed by atoms with Crippen molar-refractivity contribution in [3.63, 3.8) is 0 Å². The number of furan rings is 1.